The molecule has 8 heteroatoms. The van der Waals surface area contributed by atoms with Crippen molar-refractivity contribution in [2.75, 3.05) is 11.9 Å². The maximum absolute atomic E-state index is 12.0. The molecule has 1 aromatic heterocycles. The Bertz CT molecular complexity index is 751. The van der Waals surface area contributed by atoms with E-state index in [1.165, 1.54) is 12.1 Å². The van der Waals surface area contributed by atoms with Crippen molar-refractivity contribution in [1.29, 1.82) is 0 Å². The van der Waals surface area contributed by atoms with E-state index in [1.807, 2.05) is 6.92 Å². The molecule has 2 N–H and O–H groups in total. The van der Waals surface area contributed by atoms with Crippen molar-refractivity contribution >= 4 is 21.7 Å². The van der Waals surface area contributed by atoms with Gasteiger partial charge in [-0.15, -0.1) is 0 Å². The third-order valence-corrected chi connectivity index (χ3v) is 4.35. The number of carbonyl (C=O) groups is 1. The number of nitrogens with one attached hydrogen (secondary N) is 2. The Morgan fingerprint density at radius 3 is 2.50 bits per heavy atom. The van der Waals surface area contributed by atoms with Gasteiger partial charge in [-0.2, -0.15) is 0 Å². The molecule has 0 radical (unpaired) electrons. The first kappa shape index (κ1) is 16.2. The minimum absolute atomic E-state index is 0.00111. The summed E-state index contributed by atoms with van der Waals surface area (Å²) in [7, 11) is -3.61. The van der Waals surface area contributed by atoms with Crippen molar-refractivity contribution in [2.24, 2.45) is 0 Å². The number of hydrogen-bond acceptors (Lipinski definition) is 5. The van der Waals surface area contributed by atoms with Gasteiger partial charge < -0.3 is 9.84 Å². The molecule has 0 saturated heterocycles. The Labute approximate surface area is 128 Å². The van der Waals surface area contributed by atoms with Crippen LogP contribution in [0.5, 0.6) is 0 Å². The molecular formula is C14H17N3O4S. The first-order chi connectivity index (χ1) is 10.4. The quantitative estimate of drug-likeness (QED) is 0.841. The maximum atomic E-state index is 12.0. The van der Waals surface area contributed by atoms with Gasteiger partial charge in [0.2, 0.25) is 15.9 Å². The van der Waals surface area contributed by atoms with Crippen LogP contribution in [-0.2, 0) is 14.8 Å². The van der Waals surface area contributed by atoms with Gasteiger partial charge in [0.1, 0.15) is 5.76 Å². The van der Waals surface area contributed by atoms with Gasteiger partial charge in [-0.1, -0.05) is 22.9 Å². The molecule has 2 aromatic rings. The van der Waals surface area contributed by atoms with Gasteiger partial charge in [0.15, 0.2) is 5.82 Å². The number of amides is 1. The normalized spacial score (nSPS) is 11.4. The van der Waals surface area contributed by atoms with Crippen molar-refractivity contribution in [3.05, 3.63) is 41.7 Å². The number of nitrogens with zero attached hydrogens (tertiary/aromatic N) is 1. The van der Waals surface area contributed by atoms with E-state index in [1.54, 1.807) is 25.1 Å². The fraction of sp³-hybridized carbons (Fsp3) is 0.286. The van der Waals surface area contributed by atoms with E-state index in [9.17, 15) is 13.2 Å². The predicted molar refractivity (Wildman–Crippen MR) is 80.9 cm³/mol. The highest BCUT2D eigenvalue weighted by molar-refractivity contribution is 7.89. The van der Waals surface area contributed by atoms with Crippen LogP contribution in [0.4, 0.5) is 5.82 Å². The average molecular weight is 323 g/mol. The van der Waals surface area contributed by atoms with Crippen LogP contribution in [0.25, 0.3) is 0 Å². The highest BCUT2D eigenvalue weighted by Gasteiger charge is 2.14. The summed E-state index contributed by atoms with van der Waals surface area (Å²) in [4.78, 5) is 11.8. The van der Waals surface area contributed by atoms with Crippen LogP contribution in [-0.4, -0.2) is 26.0 Å². The van der Waals surface area contributed by atoms with Gasteiger partial charge in [-0.25, -0.2) is 13.1 Å². The van der Waals surface area contributed by atoms with E-state index in [0.717, 1.165) is 5.56 Å². The fourth-order valence-corrected chi connectivity index (χ4v) is 2.76. The van der Waals surface area contributed by atoms with E-state index in [2.05, 4.69) is 15.2 Å². The van der Waals surface area contributed by atoms with Crippen LogP contribution in [0.15, 0.2) is 39.8 Å². The lowest BCUT2D eigenvalue weighted by atomic mass is 10.2. The standard InChI is InChI=1S/C14H17N3O4S/c1-10-3-5-12(6-4-10)22(19,20)15-8-7-14(18)16-13-9-11(2)21-17-13/h3-6,9,15H,7-8H2,1-2H3,(H,16,17,18). The van der Waals surface area contributed by atoms with Crippen LogP contribution in [0.2, 0.25) is 0 Å². The number of sulfonamides is 1. The minimum atomic E-state index is -3.61. The Morgan fingerprint density at radius 1 is 1.23 bits per heavy atom. The Balaban J connectivity index is 1.84. The van der Waals surface area contributed by atoms with Crippen molar-refractivity contribution in [3.63, 3.8) is 0 Å². The average Bonchev–Trinajstić information content (AvgIpc) is 2.84. The minimum Gasteiger partial charge on any atom is -0.360 e. The van der Waals surface area contributed by atoms with Crippen LogP contribution in [0, 0.1) is 13.8 Å². The molecule has 0 aliphatic heterocycles. The predicted octanol–water partition coefficient (Wildman–Crippen LogP) is 1.60. The third-order valence-electron chi connectivity index (χ3n) is 2.87. The van der Waals surface area contributed by atoms with Gasteiger partial charge in [-0.05, 0) is 26.0 Å². The number of rotatable bonds is 6. The summed E-state index contributed by atoms with van der Waals surface area (Å²) in [5.74, 6) is 0.541. The summed E-state index contributed by atoms with van der Waals surface area (Å²) >= 11 is 0. The molecule has 0 aliphatic carbocycles. The lowest BCUT2D eigenvalue weighted by Crippen LogP contribution is -2.27. The largest absolute Gasteiger partial charge is 0.360 e. The monoisotopic (exact) mass is 323 g/mol. The highest BCUT2D eigenvalue weighted by Crippen LogP contribution is 2.10. The van der Waals surface area contributed by atoms with E-state index < -0.39 is 10.0 Å². The molecule has 0 unspecified atom stereocenters. The van der Waals surface area contributed by atoms with E-state index >= 15 is 0 Å². The molecular weight excluding hydrogens is 306 g/mol. The highest BCUT2D eigenvalue weighted by atomic mass is 32.2. The molecule has 1 aromatic carbocycles. The number of anilines is 1. The first-order valence-corrected chi connectivity index (χ1v) is 8.14. The lowest BCUT2D eigenvalue weighted by molar-refractivity contribution is -0.116. The molecule has 1 amide bonds. The van der Waals surface area contributed by atoms with Crippen LogP contribution >= 0.6 is 0 Å². The summed E-state index contributed by atoms with van der Waals surface area (Å²) in [5.41, 5.74) is 0.973. The van der Waals surface area contributed by atoms with Crippen LogP contribution in [0.1, 0.15) is 17.7 Å². The number of carbonyl (C=O) groups excluding carboxylic acids is 1. The SMILES string of the molecule is Cc1ccc(S(=O)(=O)NCCC(=O)Nc2cc(C)on2)cc1. The molecule has 0 saturated carbocycles. The maximum Gasteiger partial charge on any atom is 0.240 e. The van der Waals surface area contributed by atoms with Crippen molar-refractivity contribution in [1.82, 2.24) is 9.88 Å². The molecule has 0 atom stereocenters. The topological polar surface area (TPSA) is 101 Å². The molecule has 0 bridgehead atoms. The summed E-state index contributed by atoms with van der Waals surface area (Å²) in [6.07, 6.45) is -0.00298. The fourth-order valence-electron chi connectivity index (χ4n) is 1.73. The molecule has 0 aliphatic rings. The molecule has 2 rings (SSSR count). The van der Waals surface area contributed by atoms with Gasteiger partial charge in [-0.3, -0.25) is 4.79 Å². The van der Waals surface area contributed by atoms with Gasteiger partial charge in [0, 0.05) is 19.0 Å². The summed E-state index contributed by atoms with van der Waals surface area (Å²) in [5, 5.41) is 6.14. The summed E-state index contributed by atoms with van der Waals surface area (Å²) in [6.45, 7) is 3.58. The van der Waals surface area contributed by atoms with E-state index in [0.29, 0.717) is 11.6 Å². The second-order valence-corrected chi connectivity index (χ2v) is 6.60. The van der Waals surface area contributed by atoms with Gasteiger partial charge >= 0.3 is 0 Å². The van der Waals surface area contributed by atoms with Gasteiger partial charge in [0.25, 0.3) is 0 Å². The lowest BCUT2D eigenvalue weighted by Gasteiger charge is -2.06. The number of hydrogen-bond donors (Lipinski definition) is 2. The van der Waals surface area contributed by atoms with Crippen molar-refractivity contribution in [3.8, 4) is 0 Å². The zero-order chi connectivity index (χ0) is 16.2. The zero-order valence-corrected chi connectivity index (χ0v) is 13.1. The molecule has 0 fully saturated rings. The number of aromatic nitrogens is 1. The smallest absolute Gasteiger partial charge is 0.240 e. The Kier molecular flexibility index (Phi) is 4.94. The third kappa shape index (κ3) is 4.40. The van der Waals surface area contributed by atoms with Gasteiger partial charge in [0.05, 0.1) is 4.90 Å². The second-order valence-electron chi connectivity index (χ2n) is 4.83. The summed E-state index contributed by atoms with van der Waals surface area (Å²) < 4.78 is 31.2. The Morgan fingerprint density at radius 2 is 1.91 bits per heavy atom. The molecule has 1 heterocycles. The summed E-state index contributed by atoms with van der Waals surface area (Å²) in [6, 6.07) is 8.06. The molecule has 7 nitrogen and oxygen atoms in total. The molecule has 22 heavy (non-hydrogen) atoms. The van der Waals surface area contributed by atoms with Crippen molar-refractivity contribution in [2.45, 2.75) is 25.2 Å². The Hall–Kier alpha value is -2.19. The van der Waals surface area contributed by atoms with Crippen LogP contribution in [0.3, 0.4) is 0 Å². The van der Waals surface area contributed by atoms with Crippen LogP contribution < -0.4 is 10.0 Å². The van der Waals surface area contributed by atoms with Crippen molar-refractivity contribution < 1.29 is 17.7 Å². The first-order valence-electron chi connectivity index (χ1n) is 6.66. The number of benzene rings is 1. The van der Waals surface area contributed by atoms with E-state index in [-0.39, 0.29) is 23.8 Å². The molecule has 118 valence electrons. The number of aryl methyl sites for hydroxylation is 2. The molecule has 0 spiro atoms. The second kappa shape index (κ2) is 6.71. The zero-order valence-electron chi connectivity index (χ0n) is 12.3. The van der Waals surface area contributed by atoms with E-state index in [4.69, 9.17) is 4.52 Å².